The Bertz CT molecular complexity index is 1140. The first kappa shape index (κ1) is 24.9. The highest BCUT2D eigenvalue weighted by molar-refractivity contribution is 5.96. The third-order valence-electron chi connectivity index (χ3n) is 9.37. The van der Waals surface area contributed by atoms with E-state index in [0.717, 1.165) is 0 Å². The minimum atomic E-state index is -2.22. The first-order valence-electron chi connectivity index (χ1n) is 12.0. The predicted octanol–water partition coefficient (Wildman–Crippen LogP) is -0.171. The maximum Gasteiger partial charge on any atom is 0.348 e. The van der Waals surface area contributed by atoms with E-state index in [1.165, 1.54) is 6.08 Å². The predicted molar refractivity (Wildman–Crippen MR) is 120 cm³/mol. The molecule has 0 aromatic heterocycles. The Morgan fingerprint density at radius 3 is 2.47 bits per heavy atom. The zero-order chi connectivity index (χ0) is 26.5. The van der Waals surface area contributed by atoms with E-state index < -0.39 is 82.2 Å². The van der Waals surface area contributed by atoms with Crippen molar-refractivity contribution in [3.05, 3.63) is 23.0 Å². The van der Waals surface area contributed by atoms with Crippen LogP contribution in [0.3, 0.4) is 0 Å². The van der Waals surface area contributed by atoms with Gasteiger partial charge in [0.15, 0.2) is 17.1 Å². The summed E-state index contributed by atoms with van der Waals surface area (Å²) < 4.78 is 17.3. The second kappa shape index (κ2) is 7.62. The summed E-state index contributed by atoms with van der Waals surface area (Å²) >= 11 is 0. The standard InChI is InChI=1S/C25H31NO10/c1-9(2)5-14(28)36-17-19-24-8-34-25(19,22(26)33)20(31)16(30)18(24)23(4)7-12(27)15(29)10(3)11(23)6-13(24)35-21(17)32/h5,11,13,16-20,29-31H,6-8H2,1-4H3,(H2,26,33)/t11-,13+,16+,17+,18+,19+,20-,23-,24+,25-/m0/s1. The maximum atomic E-state index is 13.3. The molecule has 1 spiro atoms. The Balaban J connectivity index is 1.73. The molecule has 36 heavy (non-hydrogen) atoms. The molecule has 196 valence electrons. The average molecular weight is 506 g/mol. The molecule has 4 fully saturated rings. The van der Waals surface area contributed by atoms with Crippen LogP contribution in [-0.2, 0) is 33.4 Å². The van der Waals surface area contributed by atoms with Crippen LogP contribution in [-0.4, -0.2) is 75.6 Å². The molecule has 11 heteroatoms. The van der Waals surface area contributed by atoms with Crippen LogP contribution in [0.5, 0.6) is 0 Å². The van der Waals surface area contributed by atoms with E-state index in [4.69, 9.17) is 19.9 Å². The topological polar surface area (TPSA) is 183 Å². The molecule has 5 rings (SSSR count). The van der Waals surface area contributed by atoms with Crippen LogP contribution in [0.2, 0.25) is 0 Å². The number of aliphatic hydroxyl groups is 3. The molecule has 10 atom stereocenters. The number of hydrogen-bond donors (Lipinski definition) is 4. The Kier molecular flexibility index (Phi) is 5.28. The molecule has 0 aromatic rings. The Hall–Kier alpha value is -2.76. The fourth-order valence-electron chi connectivity index (χ4n) is 8.15. The van der Waals surface area contributed by atoms with Gasteiger partial charge in [-0.25, -0.2) is 9.59 Å². The second-order valence-electron chi connectivity index (χ2n) is 11.4. The van der Waals surface area contributed by atoms with Crippen molar-refractivity contribution in [2.75, 3.05) is 6.61 Å². The van der Waals surface area contributed by atoms with Gasteiger partial charge >= 0.3 is 11.9 Å². The number of primary amides is 1. The molecule has 2 aliphatic heterocycles. The lowest BCUT2D eigenvalue weighted by Gasteiger charge is -2.67. The van der Waals surface area contributed by atoms with Gasteiger partial charge in [0.2, 0.25) is 6.10 Å². The number of allylic oxidation sites excluding steroid dienone is 3. The molecule has 2 bridgehead atoms. The summed E-state index contributed by atoms with van der Waals surface area (Å²) in [5, 5.41) is 33.3. The van der Waals surface area contributed by atoms with E-state index in [-0.39, 0.29) is 25.2 Å². The number of aliphatic hydroxyl groups excluding tert-OH is 3. The summed E-state index contributed by atoms with van der Waals surface area (Å²) in [6.07, 6.45) is -4.81. The summed E-state index contributed by atoms with van der Waals surface area (Å²) in [7, 11) is 0. The number of ether oxygens (including phenoxy) is 3. The summed E-state index contributed by atoms with van der Waals surface area (Å²) in [5.74, 6) is -6.41. The Morgan fingerprint density at radius 1 is 1.19 bits per heavy atom. The molecule has 11 nitrogen and oxygen atoms in total. The van der Waals surface area contributed by atoms with Crippen LogP contribution in [0.1, 0.15) is 40.5 Å². The van der Waals surface area contributed by atoms with Gasteiger partial charge in [0, 0.05) is 23.8 Å². The van der Waals surface area contributed by atoms with Crippen molar-refractivity contribution in [3.8, 4) is 0 Å². The average Bonchev–Trinajstić information content (AvgIpc) is 3.08. The second-order valence-corrected chi connectivity index (χ2v) is 11.4. The first-order chi connectivity index (χ1) is 16.7. The lowest BCUT2D eigenvalue weighted by atomic mass is 9.38. The number of nitrogens with two attached hydrogens (primary N) is 1. The maximum absolute atomic E-state index is 13.3. The van der Waals surface area contributed by atoms with Crippen LogP contribution in [0.25, 0.3) is 0 Å². The largest absolute Gasteiger partial charge is 0.504 e. The number of Topliss-reactive ketones (excluding diaryl/α,β-unsaturated/α-hetero) is 1. The molecule has 1 amide bonds. The van der Waals surface area contributed by atoms with Crippen molar-refractivity contribution in [3.63, 3.8) is 0 Å². The van der Waals surface area contributed by atoms with Crippen LogP contribution in [0.4, 0.5) is 0 Å². The van der Waals surface area contributed by atoms with Crippen LogP contribution in [0, 0.1) is 28.6 Å². The Morgan fingerprint density at radius 2 is 1.86 bits per heavy atom. The molecular formula is C25H31NO10. The lowest BCUT2D eigenvalue weighted by molar-refractivity contribution is -0.286. The zero-order valence-electron chi connectivity index (χ0n) is 20.5. The quantitative estimate of drug-likeness (QED) is 0.297. The molecule has 0 aromatic carbocycles. The van der Waals surface area contributed by atoms with Gasteiger partial charge in [-0.1, -0.05) is 12.5 Å². The summed E-state index contributed by atoms with van der Waals surface area (Å²) in [6.45, 7) is 6.50. The van der Waals surface area contributed by atoms with Gasteiger partial charge in [-0.3, -0.25) is 9.59 Å². The van der Waals surface area contributed by atoms with Gasteiger partial charge in [0.1, 0.15) is 12.2 Å². The third-order valence-corrected chi connectivity index (χ3v) is 9.37. The SMILES string of the molecule is CC(C)=CC(=O)O[C@H]1C(=O)O[C@@H]2C[C@H]3C(C)=C(O)C(=O)C[C@]3(C)[C@H]3[C@@H](O)[C@H](O)[C@@]4(C(N)=O)OC[C@]32[C@@H]14. The fraction of sp³-hybridized carbons (Fsp3) is 0.680. The first-order valence-corrected chi connectivity index (χ1v) is 12.0. The molecule has 5 aliphatic rings. The number of fused-ring (bicyclic) bond motifs is 2. The summed E-state index contributed by atoms with van der Waals surface area (Å²) in [6, 6.07) is 0. The highest BCUT2D eigenvalue weighted by Crippen LogP contribution is 2.72. The van der Waals surface area contributed by atoms with Gasteiger partial charge in [-0.05, 0) is 44.1 Å². The minimum Gasteiger partial charge on any atom is -0.504 e. The molecule has 3 aliphatic carbocycles. The third kappa shape index (κ3) is 2.79. The van der Waals surface area contributed by atoms with Gasteiger partial charge in [0.05, 0.1) is 18.6 Å². The number of carbonyl (C=O) groups excluding carboxylic acids is 4. The molecule has 2 heterocycles. The van der Waals surface area contributed by atoms with Crippen LogP contribution in [0.15, 0.2) is 23.0 Å². The molecule has 0 unspecified atom stereocenters. The van der Waals surface area contributed by atoms with E-state index in [0.29, 0.717) is 11.1 Å². The number of esters is 2. The number of rotatable bonds is 3. The van der Waals surface area contributed by atoms with Gasteiger partial charge in [-0.2, -0.15) is 0 Å². The number of hydrogen-bond acceptors (Lipinski definition) is 10. The van der Waals surface area contributed by atoms with Crippen LogP contribution >= 0.6 is 0 Å². The van der Waals surface area contributed by atoms with Crippen molar-refractivity contribution in [1.29, 1.82) is 0 Å². The highest BCUT2D eigenvalue weighted by atomic mass is 16.6. The Labute approximate surface area is 207 Å². The number of carbonyl (C=O) groups is 4. The number of ketones is 1. The number of amides is 1. The smallest absolute Gasteiger partial charge is 0.348 e. The van der Waals surface area contributed by atoms with Crippen molar-refractivity contribution >= 4 is 23.6 Å². The zero-order valence-corrected chi connectivity index (χ0v) is 20.5. The van der Waals surface area contributed by atoms with E-state index in [9.17, 15) is 34.5 Å². The molecule has 2 saturated heterocycles. The van der Waals surface area contributed by atoms with Crippen molar-refractivity contribution in [2.24, 2.45) is 34.3 Å². The highest BCUT2D eigenvalue weighted by Gasteiger charge is 2.84. The normalized spacial score (nSPS) is 46.9. The summed E-state index contributed by atoms with van der Waals surface area (Å²) in [5.41, 5.74) is 2.25. The molecule has 0 radical (unpaired) electrons. The lowest BCUT2D eigenvalue weighted by Crippen LogP contribution is -2.79. The molecule has 5 N–H and O–H groups in total. The van der Waals surface area contributed by atoms with Gasteiger partial charge in [0.25, 0.3) is 5.91 Å². The van der Waals surface area contributed by atoms with E-state index >= 15 is 0 Å². The van der Waals surface area contributed by atoms with E-state index in [1.54, 1.807) is 27.7 Å². The monoisotopic (exact) mass is 505 g/mol. The van der Waals surface area contributed by atoms with E-state index in [1.807, 2.05) is 0 Å². The van der Waals surface area contributed by atoms with Gasteiger partial charge in [-0.15, -0.1) is 0 Å². The molecule has 2 saturated carbocycles. The van der Waals surface area contributed by atoms with Crippen molar-refractivity contribution in [1.82, 2.24) is 0 Å². The van der Waals surface area contributed by atoms with Crippen LogP contribution < -0.4 is 5.73 Å². The van der Waals surface area contributed by atoms with E-state index in [2.05, 4.69) is 0 Å². The van der Waals surface area contributed by atoms with Crippen molar-refractivity contribution in [2.45, 2.75) is 70.6 Å². The molecular weight excluding hydrogens is 474 g/mol. The van der Waals surface area contributed by atoms with Gasteiger partial charge < -0.3 is 35.3 Å². The summed E-state index contributed by atoms with van der Waals surface area (Å²) in [4.78, 5) is 51.6. The fourth-order valence-corrected chi connectivity index (χ4v) is 8.15. The van der Waals surface area contributed by atoms with Crippen molar-refractivity contribution < 1.29 is 48.7 Å². The minimum absolute atomic E-state index is 0.143.